The smallest absolute Gasteiger partial charge is 0.245 e. The number of aliphatic hydroxyl groups is 1. The van der Waals surface area contributed by atoms with Crippen molar-refractivity contribution in [1.29, 1.82) is 0 Å². The molecule has 1 aliphatic rings. The Labute approximate surface area is 212 Å². The normalized spacial score (nSPS) is 19.3. The molecule has 1 aliphatic carbocycles. The lowest BCUT2D eigenvalue weighted by Gasteiger charge is -2.31. The van der Waals surface area contributed by atoms with Gasteiger partial charge in [0.25, 0.3) is 0 Å². The number of nitrogens with one attached hydrogen (secondary N) is 1. The number of methoxy groups -OCH3 is 3. The molecule has 3 aromatic rings. The number of anilines is 1. The molecular formula is C20H25ClN8O6S. The van der Waals surface area contributed by atoms with Crippen LogP contribution in [-0.2, 0) is 14.8 Å². The molecule has 36 heavy (non-hydrogen) atoms. The summed E-state index contributed by atoms with van der Waals surface area (Å²) in [4.78, 5) is 16.4. The van der Waals surface area contributed by atoms with Crippen LogP contribution in [0.5, 0.6) is 11.8 Å². The summed E-state index contributed by atoms with van der Waals surface area (Å²) in [7, 11) is 0.0205. The van der Waals surface area contributed by atoms with Gasteiger partial charge in [0.2, 0.25) is 27.7 Å². The fraction of sp³-hybridized carbons (Fsp3) is 0.500. The van der Waals surface area contributed by atoms with Crippen LogP contribution in [0.25, 0.3) is 5.69 Å². The van der Waals surface area contributed by atoms with Crippen LogP contribution in [0.15, 0.2) is 18.7 Å². The second kappa shape index (κ2) is 10.5. The fourth-order valence-corrected chi connectivity index (χ4v) is 5.07. The van der Waals surface area contributed by atoms with Crippen molar-refractivity contribution in [3.63, 3.8) is 0 Å². The van der Waals surface area contributed by atoms with Crippen LogP contribution in [0.2, 0.25) is 5.02 Å². The number of rotatable bonds is 10. The van der Waals surface area contributed by atoms with Crippen molar-refractivity contribution >= 4 is 27.6 Å². The molecule has 194 valence electrons. The van der Waals surface area contributed by atoms with Gasteiger partial charge in [-0.2, -0.15) is 9.97 Å². The summed E-state index contributed by atoms with van der Waals surface area (Å²) >= 11 is 5.85. The van der Waals surface area contributed by atoms with Gasteiger partial charge in [-0.15, -0.1) is 10.2 Å². The van der Waals surface area contributed by atoms with E-state index in [1.165, 1.54) is 51.5 Å². The lowest BCUT2D eigenvalue weighted by Crippen LogP contribution is -2.34. The van der Waals surface area contributed by atoms with Gasteiger partial charge in [0.1, 0.15) is 23.5 Å². The summed E-state index contributed by atoms with van der Waals surface area (Å²) in [5.74, 6) is 0.427. The third kappa shape index (κ3) is 4.91. The van der Waals surface area contributed by atoms with Gasteiger partial charge in [0, 0.05) is 25.4 Å². The molecule has 0 saturated heterocycles. The molecule has 4 rings (SSSR count). The van der Waals surface area contributed by atoms with Crippen LogP contribution in [-0.4, -0.2) is 80.9 Å². The Morgan fingerprint density at radius 2 is 1.69 bits per heavy atom. The van der Waals surface area contributed by atoms with Crippen LogP contribution in [0.4, 0.5) is 5.95 Å². The summed E-state index contributed by atoms with van der Waals surface area (Å²) in [5, 5.41) is 17.3. The van der Waals surface area contributed by atoms with E-state index >= 15 is 0 Å². The summed E-state index contributed by atoms with van der Waals surface area (Å²) < 4.78 is 47.0. The first-order valence-electron chi connectivity index (χ1n) is 10.8. The molecule has 2 N–H and O–H groups in total. The summed E-state index contributed by atoms with van der Waals surface area (Å²) in [5.41, 5.74) is 0.207. The Morgan fingerprint density at radius 1 is 1.08 bits per heavy atom. The van der Waals surface area contributed by atoms with E-state index in [2.05, 4.69) is 34.9 Å². The van der Waals surface area contributed by atoms with E-state index < -0.39 is 27.5 Å². The van der Waals surface area contributed by atoms with Crippen molar-refractivity contribution < 1.29 is 27.7 Å². The van der Waals surface area contributed by atoms with E-state index in [4.69, 9.17) is 25.8 Å². The van der Waals surface area contributed by atoms with E-state index in [9.17, 15) is 13.5 Å². The average molecular weight is 541 g/mol. The lowest BCUT2D eigenvalue weighted by molar-refractivity contribution is 0.0710. The zero-order chi connectivity index (χ0) is 26.0. The molecule has 2 atom stereocenters. The molecule has 0 amide bonds. The number of nitrogens with zero attached hydrogens (tertiary/aromatic N) is 7. The number of hydrogen-bond donors (Lipinski definition) is 2. The standard InChI is InChI=1S/C20H25ClN8O6S/c1-10(15(33-2)16-22-7-12(21)8-23-16)36(31,32)28-20-27-26-17(11-5-13(30)6-11)29(20)14-18(34-3)24-9-25-19(14)35-4/h7-11,13,15,30H,5-6H2,1-4H3,(H,27,28)/t10-,11?,13?,15-/m0/s1. The minimum absolute atomic E-state index is 0.112. The van der Waals surface area contributed by atoms with E-state index in [1.807, 2.05) is 0 Å². The SMILES string of the molecule is COc1ncnc(OC)c1-n1c(NS(=O)(=O)[C@@H](C)[C@H](OC)c2ncc(Cl)cn2)nnc1C1CC(O)C1. The first kappa shape index (κ1) is 25.9. The molecular weight excluding hydrogens is 516 g/mol. The van der Waals surface area contributed by atoms with Crippen LogP contribution in [0, 0.1) is 0 Å². The molecule has 1 fully saturated rings. The van der Waals surface area contributed by atoms with E-state index in [1.54, 1.807) is 0 Å². The molecule has 0 aromatic carbocycles. The zero-order valence-electron chi connectivity index (χ0n) is 19.9. The number of sulfonamides is 1. The van der Waals surface area contributed by atoms with Gasteiger partial charge in [-0.25, -0.2) is 18.4 Å². The maximum absolute atomic E-state index is 13.5. The maximum atomic E-state index is 13.5. The van der Waals surface area contributed by atoms with Crippen molar-refractivity contribution in [2.75, 3.05) is 26.1 Å². The van der Waals surface area contributed by atoms with Gasteiger partial charge in [-0.3, -0.25) is 9.29 Å². The number of ether oxygens (including phenoxy) is 3. The number of halogens is 1. The zero-order valence-corrected chi connectivity index (χ0v) is 21.4. The largest absolute Gasteiger partial charge is 0.479 e. The summed E-state index contributed by atoms with van der Waals surface area (Å²) in [6, 6.07) is 0. The van der Waals surface area contributed by atoms with Crippen LogP contribution >= 0.6 is 11.6 Å². The number of hydrogen-bond acceptors (Lipinski definition) is 12. The quantitative estimate of drug-likeness (QED) is 0.377. The molecule has 3 heterocycles. The highest BCUT2D eigenvalue weighted by molar-refractivity contribution is 7.93. The minimum Gasteiger partial charge on any atom is -0.479 e. The minimum atomic E-state index is -4.15. The van der Waals surface area contributed by atoms with Gasteiger partial charge in [-0.05, 0) is 19.8 Å². The van der Waals surface area contributed by atoms with Gasteiger partial charge in [0.05, 0.1) is 25.3 Å². The molecule has 0 bridgehead atoms. The van der Waals surface area contributed by atoms with E-state index in [0.29, 0.717) is 23.7 Å². The molecule has 3 aromatic heterocycles. The highest BCUT2D eigenvalue weighted by Gasteiger charge is 2.38. The predicted molar refractivity (Wildman–Crippen MR) is 127 cm³/mol. The van der Waals surface area contributed by atoms with Crippen molar-refractivity contribution in [3.8, 4) is 17.4 Å². The Kier molecular flexibility index (Phi) is 7.54. The van der Waals surface area contributed by atoms with Gasteiger partial charge in [0.15, 0.2) is 11.5 Å². The Morgan fingerprint density at radius 3 is 2.22 bits per heavy atom. The van der Waals surface area contributed by atoms with Crippen LogP contribution < -0.4 is 14.2 Å². The number of aromatic nitrogens is 7. The Balaban J connectivity index is 1.76. The third-order valence-corrected chi connectivity index (χ3v) is 7.72. The Hall–Kier alpha value is -3.14. The van der Waals surface area contributed by atoms with Gasteiger partial charge < -0.3 is 19.3 Å². The topological polar surface area (TPSA) is 176 Å². The Bertz CT molecular complexity index is 1290. The highest BCUT2D eigenvalue weighted by atomic mass is 35.5. The van der Waals surface area contributed by atoms with E-state index in [-0.39, 0.29) is 35.1 Å². The number of aliphatic hydroxyl groups excluding tert-OH is 1. The average Bonchev–Trinajstić information content (AvgIpc) is 3.24. The summed E-state index contributed by atoms with van der Waals surface area (Å²) in [6.45, 7) is 1.45. The summed E-state index contributed by atoms with van der Waals surface area (Å²) in [6.07, 6.45) is 3.32. The van der Waals surface area contributed by atoms with Crippen molar-refractivity contribution in [1.82, 2.24) is 34.7 Å². The fourth-order valence-electron chi connectivity index (χ4n) is 3.84. The van der Waals surface area contributed by atoms with Crippen molar-refractivity contribution in [2.24, 2.45) is 0 Å². The third-order valence-electron chi connectivity index (χ3n) is 5.83. The van der Waals surface area contributed by atoms with E-state index in [0.717, 1.165) is 0 Å². The van der Waals surface area contributed by atoms with Crippen LogP contribution in [0.3, 0.4) is 0 Å². The molecule has 0 radical (unpaired) electrons. The molecule has 0 unspecified atom stereocenters. The highest BCUT2D eigenvalue weighted by Crippen LogP contribution is 2.41. The van der Waals surface area contributed by atoms with Crippen molar-refractivity contribution in [3.05, 3.63) is 35.4 Å². The molecule has 0 aliphatic heterocycles. The second-order valence-corrected chi connectivity index (χ2v) is 10.5. The molecule has 14 nitrogen and oxygen atoms in total. The second-order valence-electron chi connectivity index (χ2n) is 8.05. The monoisotopic (exact) mass is 540 g/mol. The van der Waals surface area contributed by atoms with Gasteiger partial charge in [-0.1, -0.05) is 11.6 Å². The predicted octanol–water partition coefficient (Wildman–Crippen LogP) is 1.27. The van der Waals surface area contributed by atoms with Gasteiger partial charge >= 0.3 is 0 Å². The molecule has 1 saturated carbocycles. The lowest BCUT2D eigenvalue weighted by atomic mass is 9.82. The maximum Gasteiger partial charge on any atom is 0.245 e. The first-order valence-corrected chi connectivity index (χ1v) is 12.7. The molecule has 0 spiro atoms. The first-order chi connectivity index (χ1) is 17.2. The van der Waals surface area contributed by atoms with Crippen molar-refractivity contribution in [2.45, 2.75) is 43.1 Å². The molecule has 16 heteroatoms. The van der Waals surface area contributed by atoms with Crippen LogP contribution in [0.1, 0.15) is 43.4 Å².